The zero-order chi connectivity index (χ0) is 24.1. The van der Waals surface area contributed by atoms with Crippen molar-refractivity contribution in [2.45, 2.75) is 13.8 Å². The molecule has 7 nitrogen and oxygen atoms in total. The fourth-order valence-corrected chi connectivity index (χ4v) is 4.62. The van der Waals surface area contributed by atoms with Gasteiger partial charge in [-0.2, -0.15) is 0 Å². The fourth-order valence-electron chi connectivity index (χ4n) is 3.08. The number of nitrogens with one attached hydrogen (secondary N) is 1. The summed E-state index contributed by atoms with van der Waals surface area (Å²) in [5, 5.41) is 14.9. The maximum absolute atomic E-state index is 12.8. The van der Waals surface area contributed by atoms with Crippen molar-refractivity contribution in [2.24, 2.45) is 0 Å². The molecule has 10 heteroatoms. The number of nitro benzene ring substituents is 1. The number of amides is 1. The first-order valence-electron chi connectivity index (χ1n) is 9.70. The molecule has 0 saturated heterocycles. The number of nitro groups is 1. The summed E-state index contributed by atoms with van der Waals surface area (Å²) in [6.45, 7) is 3.62. The standard InChI is InChI=1S/C23H18Cl2N2O5S/c1-3-32-23(29)21-20(15-5-9-17(10-6-15)27(30)31)13(2)33-22(21)26-19(28)11-7-14-4-8-16(24)12-18(14)25/h4-12H,3H2,1-2H3,(H,26,28). The smallest absolute Gasteiger partial charge is 0.341 e. The number of aryl methyl sites for hydroxylation is 1. The molecule has 2 aromatic carbocycles. The summed E-state index contributed by atoms with van der Waals surface area (Å²) >= 11 is 13.2. The molecule has 0 aliphatic rings. The van der Waals surface area contributed by atoms with Gasteiger partial charge in [-0.05, 0) is 55.3 Å². The van der Waals surface area contributed by atoms with Crippen molar-refractivity contribution >= 4 is 63.2 Å². The maximum atomic E-state index is 12.8. The van der Waals surface area contributed by atoms with Crippen molar-refractivity contribution in [3.8, 4) is 11.1 Å². The van der Waals surface area contributed by atoms with Crippen molar-refractivity contribution in [3.05, 3.63) is 84.7 Å². The van der Waals surface area contributed by atoms with Gasteiger partial charge in [0.25, 0.3) is 5.69 Å². The van der Waals surface area contributed by atoms with E-state index in [1.54, 1.807) is 44.2 Å². The van der Waals surface area contributed by atoms with Crippen LogP contribution >= 0.6 is 34.5 Å². The van der Waals surface area contributed by atoms with E-state index in [-0.39, 0.29) is 17.9 Å². The Morgan fingerprint density at radius 1 is 1.18 bits per heavy atom. The second kappa shape index (κ2) is 10.6. The summed E-state index contributed by atoms with van der Waals surface area (Å²) in [6.07, 6.45) is 2.83. The van der Waals surface area contributed by atoms with Crippen LogP contribution in [0, 0.1) is 17.0 Å². The molecule has 0 aliphatic carbocycles. The average Bonchev–Trinajstić information content (AvgIpc) is 3.08. The van der Waals surface area contributed by atoms with E-state index >= 15 is 0 Å². The minimum atomic E-state index is -0.602. The van der Waals surface area contributed by atoms with Crippen LogP contribution in [0.2, 0.25) is 10.0 Å². The van der Waals surface area contributed by atoms with Crippen molar-refractivity contribution in [2.75, 3.05) is 11.9 Å². The number of benzene rings is 2. The molecule has 0 radical (unpaired) electrons. The SMILES string of the molecule is CCOC(=O)c1c(NC(=O)C=Cc2ccc(Cl)cc2Cl)sc(C)c1-c1ccc([N+](=O)[O-])cc1. The van der Waals surface area contributed by atoms with Gasteiger partial charge in [0.2, 0.25) is 5.91 Å². The number of carbonyl (C=O) groups excluding carboxylic acids is 2. The molecule has 0 aliphatic heterocycles. The molecule has 0 fully saturated rings. The highest BCUT2D eigenvalue weighted by molar-refractivity contribution is 7.17. The van der Waals surface area contributed by atoms with Gasteiger partial charge in [0.05, 0.1) is 11.5 Å². The van der Waals surface area contributed by atoms with Crippen LogP contribution in [-0.2, 0) is 9.53 Å². The van der Waals surface area contributed by atoms with E-state index in [1.165, 1.54) is 35.6 Å². The number of halogens is 2. The lowest BCUT2D eigenvalue weighted by Crippen LogP contribution is -2.12. The van der Waals surface area contributed by atoms with Gasteiger partial charge < -0.3 is 10.1 Å². The molecular weight excluding hydrogens is 487 g/mol. The van der Waals surface area contributed by atoms with E-state index in [2.05, 4.69) is 5.32 Å². The lowest BCUT2D eigenvalue weighted by Gasteiger charge is -2.08. The topological polar surface area (TPSA) is 98.5 Å². The maximum Gasteiger partial charge on any atom is 0.341 e. The number of thiophene rings is 1. The molecule has 1 aromatic heterocycles. The fraction of sp³-hybridized carbons (Fsp3) is 0.130. The van der Waals surface area contributed by atoms with Gasteiger partial charge in [0.15, 0.2) is 0 Å². The predicted octanol–water partition coefficient (Wildman–Crippen LogP) is 6.77. The number of hydrogen-bond acceptors (Lipinski definition) is 6. The van der Waals surface area contributed by atoms with Crippen molar-refractivity contribution in [1.82, 2.24) is 0 Å². The van der Waals surface area contributed by atoms with Gasteiger partial charge in [-0.1, -0.05) is 29.3 Å². The van der Waals surface area contributed by atoms with Crippen LogP contribution in [0.15, 0.2) is 48.5 Å². The van der Waals surface area contributed by atoms with Crippen LogP contribution in [0.3, 0.4) is 0 Å². The average molecular weight is 505 g/mol. The largest absolute Gasteiger partial charge is 0.462 e. The van der Waals surface area contributed by atoms with Crippen LogP contribution in [0.5, 0.6) is 0 Å². The summed E-state index contributed by atoms with van der Waals surface area (Å²) in [5.41, 5.74) is 1.88. The summed E-state index contributed by atoms with van der Waals surface area (Å²) in [5.74, 6) is -1.07. The van der Waals surface area contributed by atoms with E-state index in [1.807, 2.05) is 0 Å². The Morgan fingerprint density at radius 3 is 2.48 bits per heavy atom. The van der Waals surface area contributed by atoms with Gasteiger partial charge in [0.1, 0.15) is 10.6 Å². The first-order chi connectivity index (χ1) is 15.7. The summed E-state index contributed by atoms with van der Waals surface area (Å²) in [7, 11) is 0. The first-order valence-corrected chi connectivity index (χ1v) is 11.3. The Bertz CT molecular complexity index is 1250. The van der Waals surface area contributed by atoms with Crippen LogP contribution in [-0.4, -0.2) is 23.4 Å². The summed E-state index contributed by atoms with van der Waals surface area (Å²) < 4.78 is 5.20. The van der Waals surface area contributed by atoms with Crippen LogP contribution < -0.4 is 5.32 Å². The van der Waals surface area contributed by atoms with E-state index < -0.39 is 16.8 Å². The molecule has 0 spiro atoms. The lowest BCUT2D eigenvalue weighted by atomic mass is 10.0. The number of non-ortho nitro benzene ring substituents is 1. The molecular formula is C23H18Cl2N2O5S. The van der Waals surface area contributed by atoms with Crippen molar-refractivity contribution in [3.63, 3.8) is 0 Å². The Balaban J connectivity index is 1.95. The van der Waals surface area contributed by atoms with Crippen molar-refractivity contribution < 1.29 is 19.2 Å². The third-order valence-electron chi connectivity index (χ3n) is 4.54. The minimum absolute atomic E-state index is 0.0659. The second-order valence-corrected chi connectivity index (χ2v) is 8.82. The summed E-state index contributed by atoms with van der Waals surface area (Å²) in [4.78, 5) is 36.6. The number of ether oxygens (including phenoxy) is 1. The minimum Gasteiger partial charge on any atom is -0.462 e. The molecule has 0 atom stereocenters. The monoisotopic (exact) mass is 504 g/mol. The molecule has 0 bridgehead atoms. The van der Waals surface area contributed by atoms with Gasteiger partial charge >= 0.3 is 5.97 Å². The molecule has 170 valence electrons. The van der Waals surface area contributed by atoms with Gasteiger partial charge in [-0.3, -0.25) is 14.9 Å². The lowest BCUT2D eigenvalue weighted by molar-refractivity contribution is -0.384. The third-order valence-corrected chi connectivity index (χ3v) is 6.13. The normalized spacial score (nSPS) is 10.9. The zero-order valence-corrected chi connectivity index (χ0v) is 19.9. The Labute approximate surface area is 203 Å². The number of rotatable bonds is 7. The van der Waals surface area contributed by atoms with E-state index in [4.69, 9.17) is 27.9 Å². The van der Waals surface area contributed by atoms with Crippen LogP contribution in [0.1, 0.15) is 27.7 Å². The van der Waals surface area contributed by atoms with Crippen molar-refractivity contribution in [1.29, 1.82) is 0 Å². The van der Waals surface area contributed by atoms with Crippen LogP contribution in [0.4, 0.5) is 10.7 Å². The Morgan fingerprint density at radius 2 is 1.88 bits per heavy atom. The van der Waals surface area contributed by atoms with Gasteiger partial charge in [0, 0.05) is 38.7 Å². The van der Waals surface area contributed by atoms with E-state index in [0.29, 0.717) is 31.7 Å². The predicted molar refractivity (Wildman–Crippen MR) is 131 cm³/mol. The third kappa shape index (κ3) is 5.78. The molecule has 0 unspecified atom stereocenters. The Hall–Kier alpha value is -3.20. The number of anilines is 1. The highest BCUT2D eigenvalue weighted by Crippen LogP contribution is 2.41. The van der Waals surface area contributed by atoms with Crippen LogP contribution in [0.25, 0.3) is 17.2 Å². The molecule has 3 aromatic rings. The molecule has 3 rings (SSSR count). The zero-order valence-electron chi connectivity index (χ0n) is 17.6. The molecule has 0 saturated carbocycles. The number of hydrogen-bond donors (Lipinski definition) is 1. The van der Waals surface area contributed by atoms with E-state index in [9.17, 15) is 19.7 Å². The Kier molecular flexibility index (Phi) is 7.86. The quantitative estimate of drug-likeness (QED) is 0.165. The summed E-state index contributed by atoms with van der Waals surface area (Å²) in [6, 6.07) is 10.7. The molecule has 1 heterocycles. The molecule has 1 N–H and O–H groups in total. The highest BCUT2D eigenvalue weighted by Gasteiger charge is 2.25. The van der Waals surface area contributed by atoms with E-state index in [0.717, 1.165) is 4.88 Å². The highest BCUT2D eigenvalue weighted by atomic mass is 35.5. The van der Waals surface area contributed by atoms with Gasteiger partial charge in [-0.25, -0.2) is 4.79 Å². The second-order valence-electron chi connectivity index (χ2n) is 6.75. The number of esters is 1. The first kappa shape index (κ1) is 24.4. The molecule has 33 heavy (non-hydrogen) atoms. The van der Waals surface area contributed by atoms with Gasteiger partial charge in [-0.15, -0.1) is 11.3 Å². The number of carbonyl (C=O) groups is 2. The number of nitrogens with zero attached hydrogens (tertiary/aromatic N) is 1. The molecule has 1 amide bonds.